The summed E-state index contributed by atoms with van der Waals surface area (Å²) in [7, 11) is 0. The Morgan fingerprint density at radius 1 is 1.03 bits per heavy atom. The first-order valence-corrected chi connectivity index (χ1v) is 9.88. The zero-order valence-corrected chi connectivity index (χ0v) is 16.4. The van der Waals surface area contributed by atoms with Gasteiger partial charge in [0.1, 0.15) is 17.1 Å². The van der Waals surface area contributed by atoms with Crippen LogP contribution in [0.15, 0.2) is 42.5 Å². The molecular weight excluding hydrogens is 388 g/mol. The predicted octanol–water partition coefficient (Wildman–Crippen LogP) is 0.935. The van der Waals surface area contributed by atoms with Crippen LogP contribution in [0.3, 0.4) is 0 Å². The van der Waals surface area contributed by atoms with Crippen molar-refractivity contribution in [3.8, 4) is 22.6 Å². The zero-order chi connectivity index (χ0) is 21.5. The minimum Gasteiger partial charge on any atom is -0.508 e. The molecule has 2 aromatic carbocycles. The highest BCUT2D eigenvalue weighted by Crippen LogP contribution is 2.38. The van der Waals surface area contributed by atoms with E-state index in [2.05, 4.69) is 0 Å². The fourth-order valence-electron chi connectivity index (χ4n) is 3.80. The molecule has 8 nitrogen and oxygen atoms in total. The average Bonchev–Trinajstić information content (AvgIpc) is 3.51. The van der Waals surface area contributed by atoms with Crippen molar-refractivity contribution >= 4 is 11.8 Å². The standard InChI is InChI=1S/C22H24N2O6/c25-13-16-12-23(9-10-24(16)21(29)22(30)7-8-22)20(28)15-3-1-14(2-4-15)18-6-5-17(26)11-19(18)27/h1-6,11,16,25-27,30H,7-10,12-13H2. The molecule has 2 aromatic rings. The van der Waals surface area contributed by atoms with E-state index in [-0.39, 0.29) is 43.0 Å². The molecule has 30 heavy (non-hydrogen) atoms. The van der Waals surface area contributed by atoms with Gasteiger partial charge in [-0.05, 0) is 42.7 Å². The van der Waals surface area contributed by atoms with Crippen LogP contribution >= 0.6 is 0 Å². The summed E-state index contributed by atoms with van der Waals surface area (Å²) in [5.41, 5.74) is 0.395. The number of hydrogen-bond acceptors (Lipinski definition) is 6. The van der Waals surface area contributed by atoms with Gasteiger partial charge in [0.25, 0.3) is 11.8 Å². The first-order valence-electron chi connectivity index (χ1n) is 9.88. The number of phenolic OH excluding ortho intramolecular Hbond substituents is 2. The molecule has 158 valence electrons. The third kappa shape index (κ3) is 3.71. The molecule has 4 N–H and O–H groups in total. The smallest absolute Gasteiger partial charge is 0.254 e. The van der Waals surface area contributed by atoms with Crippen molar-refractivity contribution in [3.05, 3.63) is 48.0 Å². The lowest BCUT2D eigenvalue weighted by Gasteiger charge is -2.41. The van der Waals surface area contributed by atoms with Crippen LogP contribution in [0.2, 0.25) is 0 Å². The normalized spacial score (nSPS) is 20.1. The Balaban J connectivity index is 1.46. The van der Waals surface area contributed by atoms with E-state index in [9.17, 15) is 30.0 Å². The molecule has 2 aliphatic rings. The van der Waals surface area contributed by atoms with E-state index in [0.717, 1.165) is 0 Å². The third-order valence-corrected chi connectivity index (χ3v) is 5.79. The van der Waals surface area contributed by atoms with Crippen LogP contribution in [0, 0.1) is 0 Å². The molecule has 0 spiro atoms. The van der Waals surface area contributed by atoms with Crippen LogP contribution in [0.4, 0.5) is 0 Å². The summed E-state index contributed by atoms with van der Waals surface area (Å²) in [6, 6.07) is 10.5. The maximum Gasteiger partial charge on any atom is 0.254 e. The number of carbonyl (C=O) groups excluding carboxylic acids is 2. The monoisotopic (exact) mass is 412 g/mol. The number of hydrogen-bond donors (Lipinski definition) is 4. The fraction of sp³-hybridized carbons (Fsp3) is 0.364. The zero-order valence-electron chi connectivity index (χ0n) is 16.4. The number of benzene rings is 2. The van der Waals surface area contributed by atoms with Crippen molar-refractivity contribution in [2.75, 3.05) is 26.2 Å². The third-order valence-electron chi connectivity index (χ3n) is 5.79. The highest BCUT2D eigenvalue weighted by Gasteiger charge is 2.52. The van der Waals surface area contributed by atoms with Gasteiger partial charge in [-0.1, -0.05) is 12.1 Å². The van der Waals surface area contributed by atoms with Crippen molar-refractivity contribution in [2.45, 2.75) is 24.5 Å². The summed E-state index contributed by atoms with van der Waals surface area (Å²) < 4.78 is 0. The molecule has 1 aliphatic carbocycles. The van der Waals surface area contributed by atoms with Gasteiger partial charge >= 0.3 is 0 Å². The van der Waals surface area contributed by atoms with Crippen molar-refractivity contribution in [3.63, 3.8) is 0 Å². The first kappa shape index (κ1) is 20.2. The second kappa shape index (κ2) is 7.62. The quantitative estimate of drug-likeness (QED) is 0.593. The molecule has 0 bridgehead atoms. The van der Waals surface area contributed by atoms with Crippen molar-refractivity contribution in [1.82, 2.24) is 9.80 Å². The second-order valence-electron chi connectivity index (χ2n) is 7.90. The largest absolute Gasteiger partial charge is 0.508 e. The Hall–Kier alpha value is -3.10. The molecular formula is C22H24N2O6. The highest BCUT2D eigenvalue weighted by atomic mass is 16.3. The molecule has 1 saturated heterocycles. The van der Waals surface area contributed by atoms with Gasteiger partial charge in [0.05, 0.1) is 12.6 Å². The highest BCUT2D eigenvalue weighted by molar-refractivity contribution is 5.95. The predicted molar refractivity (Wildman–Crippen MR) is 108 cm³/mol. The number of carbonyl (C=O) groups is 2. The average molecular weight is 412 g/mol. The lowest BCUT2D eigenvalue weighted by Crippen LogP contribution is -2.60. The minimum atomic E-state index is -1.30. The molecule has 1 atom stereocenters. The molecule has 1 saturated carbocycles. The lowest BCUT2D eigenvalue weighted by molar-refractivity contribution is -0.148. The van der Waals surface area contributed by atoms with Crippen molar-refractivity contribution < 1.29 is 30.0 Å². The van der Waals surface area contributed by atoms with Crippen LogP contribution in [0.5, 0.6) is 11.5 Å². The van der Waals surface area contributed by atoms with E-state index in [0.29, 0.717) is 36.1 Å². The molecule has 1 aliphatic heterocycles. The molecule has 2 fully saturated rings. The SMILES string of the molecule is O=C(c1ccc(-c2ccc(O)cc2O)cc1)N1CCN(C(=O)C2(O)CC2)C(CO)C1. The Morgan fingerprint density at radius 3 is 2.33 bits per heavy atom. The Morgan fingerprint density at radius 2 is 1.73 bits per heavy atom. The maximum absolute atomic E-state index is 12.9. The van der Waals surface area contributed by atoms with E-state index >= 15 is 0 Å². The maximum atomic E-state index is 12.9. The number of aromatic hydroxyl groups is 2. The molecule has 0 radical (unpaired) electrons. The Labute approximate surface area is 173 Å². The van der Waals surface area contributed by atoms with E-state index < -0.39 is 11.6 Å². The number of nitrogens with zero attached hydrogens (tertiary/aromatic N) is 2. The van der Waals surface area contributed by atoms with Gasteiger partial charge in [-0.25, -0.2) is 0 Å². The number of aliphatic hydroxyl groups is 2. The van der Waals surface area contributed by atoms with Crippen molar-refractivity contribution in [2.24, 2.45) is 0 Å². The summed E-state index contributed by atoms with van der Waals surface area (Å²) in [4.78, 5) is 28.4. The van der Waals surface area contributed by atoms with Crippen LogP contribution in [0.25, 0.3) is 11.1 Å². The van der Waals surface area contributed by atoms with Gasteiger partial charge in [-0.3, -0.25) is 9.59 Å². The molecule has 1 unspecified atom stereocenters. The van der Waals surface area contributed by atoms with Gasteiger partial charge in [0.2, 0.25) is 0 Å². The van der Waals surface area contributed by atoms with Crippen LogP contribution < -0.4 is 0 Å². The molecule has 2 amide bonds. The molecule has 8 heteroatoms. The van der Waals surface area contributed by atoms with Crippen molar-refractivity contribution in [1.29, 1.82) is 0 Å². The van der Waals surface area contributed by atoms with Gasteiger partial charge < -0.3 is 30.2 Å². The minimum absolute atomic E-state index is 0.0343. The van der Waals surface area contributed by atoms with Crippen LogP contribution in [-0.2, 0) is 4.79 Å². The van der Waals surface area contributed by atoms with Gasteiger partial charge in [-0.15, -0.1) is 0 Å². The fourth-order valence-corrected chi connectivity index (χ4v) is 3.80. The van der Waals surface area contributed by atoms with Gasteiger partial charge in [0.15, 0.2) is 0 Å². The van der Waals surface area contributed by atoms with Crippen LogP contribution in [0.1, 0.15) is 23.2 Å². The summed E-state index contributed by atoms with van der Waals surface area (Å²) in [5.74, 6) is -0.676. The number of rotatable bonds is 4. The van der Waals surface area contributed by atoms with Gasteiger partial charge in [0, 0.05) is 36.8 Å². The first-order chi connectivity index (χ1) is 14.3. The summed E-state index contributed by atoms with van der Waals surface area (Å²) in [5, 5.41) is 39.2. The van der Waals surface area contributed by atoms with E-state index in [1.54, 1.807) is 35.2 Å². The van der Waals surface area contributed by atoms with Crippen LogP contribution in [-0.4, -0.2) is 79.9 Å². The van der Waals surface area contributed by atoms with E-state index in [1.165, 1.54) is 17.0 Å². The van der Waals surface area contributed by atoms with E-state index in [1.807, 2.05) is 0 Å². The number of amides is 2. The van der Waals surface area contributed by atoms with Gasteiger partial charge in [-0.2, -0.15) is 0 Å². The molecule has 4 rings (SSSR count). The Kier molecular flexibility index (Phi) is 5.13. The summed E-state index contributed by atoms with van der Waals surface area (Å²) in [6.45, 7) is 0.484. The Bertz CT molecular complexity index is 970. The molecule has 1 heterocycles. The number of phenols is 2. The molecule has 0 aromatic heterocycles. The lowest BCUT2D eigenvalue weighted by atomic mass is 10.0. The van der Waals surface area contributed by atoms with E-state index in [4.69, 9.17) is 0 Å². The summed E-state index contributed by atoms with van der Waals surface area (Å²) >= 11 is 0. The summed E-state index contributed by atoms with van der Waals surface area (Å²) in [6.07, 6.45) is 0.873. The topological polar surface area (TPSA) is 122 Å². The number of aliphatic hydroxyl groups excluding tert-OH is 1. The second-order valence-corrected chi connectivity index (χ2v) is 7.90. The number of piperazine rings is 1.